The largest absolute Gasteiger partial charge is 0.488 e. The summed E-state index contributed by atoms with van der Waals surface area (Å²) in [6, 6.07) is 1.23. The maximum Gasteiger partial charge on any atom is 0.177 e. The van der Waals surface area contributed by atoms with E-state index >= 15 is 0 Å². The number of imidazole rings is 1. The summed E-state index contributed by atoms with van der Waals surface area (Å²) in [6.07, 6.45) is 1.14. The maximum absolute atomic E-state index is 13.7. The number of hydrogen-bond donors (Lipinski definition) is 3. The first kappa shape index (κ1) is 15.1. The van der Waals surface area contributed by atoms with Crippen LogP contribution in [0.4, 0.5) is 8.78 Å². The zero-order chi connectivity index (χ0) is 15.9. The third-order valence-electron chi connectivity index (χ3n) is 3.74. The number of nitrogens with one attached hydrogen (secondary N) is 1. The second kappa shape index (κ2) is 5.79. The molecule has 0 unspecified atom stereocenters. The van der Waals surface area contributed by atoms with Gasteiger partial charge in [0, 0.05) is 29.9 Å². The number of halogens is 2. The van der Waals surface area contributed by atoms with Gasteiger partial charge in [0.25, 0.3) is 0 Å². The SMILES string of the molecule is NCCc1c[nH]c(=S)n1[C@H]1COc2c(F)cc(F)cc2[C@H]1O. The van der Waals surface area contributed by atoms with Gasteiger partial charge in [-0.2, -0.15) is 0 Å². The predicted octanol–water partition coefficient (Wildman–Crippen LogP) is 1.99. The van der Waals surface area contributed by atoms with Crippen LogP contribution >= 0.6 is 12.2 Å². The first-order chi connectivity index (χ1) is 10.5. The third-order valence-corrected chi connectivity index (χ3v) is 4.06. The number of aliphatic hydroxyl groups excluding tert-OH is 1. The lowest BCUT2D eigenvalue weighted by Gasteiger charge is -2.32. The van der Waals surface area contributed by atoms with Crippen molar-refractivity contribution in [1.29, 1.82) is 0 Å². The van der Waals surface area contributed by atoms with Crippen LogP contribution in [0.2, 0.25) is 0 Å². The highest BCUT2D eigenvalue weighted by Gasteiger charge is 2.34. The van der Waals surface area contributed by atoms with Gasteiger partial charge in [-0.25, -0.2) is 8.78 Å². The molecule has 0 spiro atoms. The molecule has 1 aromatic carbocycles. The molecule has 3 rings (SSSR count). The summed E-state index contributed by atoms with van der Waals surface area (Å²) < 4.78 is 34.6. The van der Waals surface area contributed by atoms with Crippen molar-refractivity contribution >= 4 is 12.2 Å². The normalized spacial score (nSPS) is 20.5. The molecule has 0 fully saturated rings. The van der Waals surface area contributed by atoms with Gasteiger partial charge in [-0.1, -0.05) is 0 Å². The molecule has 0 aliphatic carbocycles. The molecule has 0 radical (unpaired) electrons. The Morgan fingerprint density at radius 2 is 2.23 bits per heavy atom. The Balaban J connectivity index is 2.05. The lowest BCUT2D eigenvalue weighted by molar-refractivity contribution is 0.0520. The lowest BCUT2D eigenvalue weighted by atomic mass is 9.98. The van der Waals surface area contributed by atoms with Crippen LogP contribution in [0.3, 0.4) is 0 Å². The summed E-state index contributed by atoms with van der Waals surface area (Å²) in [6.45, 7) is 0.441. The van der Waals surface area contributed by atoms with E-state index in [-0.39, 0.29) is 17.9 Å². The Hall–Kier alpha value is -1.77. The van der Waals surface area contributed by atoms with Gasteiger partial charge in [-0.15, -0.1) is 0 Å². The molecule has 0 saturated carbocycles. The number of H-pyrrole nitrogens is 1. The van der Waals surface area contributed by atoms with Crippen LogP contribution in [0.15, 0.2) is 18.3 Å². The minimum Gasteiger partial charge on any atom is -0.488 e. The fraction of sp³-hybridized carbons (Fsp3) is 0.357. The zero-order valence-electron chi connectivity index (χ0n) is 11.6. The number of benzene rings is 1. The summed E-state index contributed by atoms with van der Waals surface area (Å²) in [7, 11) is 0. The standard InChI is InChI=1S/C14H15F2N3O2S/c15-7-3-9-12(20)11(6-21-13(9)10(16)4-7)19-8(1-2-17)5-18-14(19)22/h3-5,11-12,20H,1-2,6,17H2,(H,18,22)/t11-,12+/m0/s1. The summed E-state index contributed by atoms with van der Waals surface area (Å²) in [5.41, 5.74) is 6.45. The van der Waals surface area contributed by atoms with Crippen molar-refractivity contribution in [3.8, 4) is 5.75 Å². The molecule has 4 N–H and O–H groups in total. The van der Waals surface area contributed by atoms with Gasteiger partial charge in [0.1, 0.15) is 24.6 Å². The lowest BCUT2D eigenvalue weighted by Crippen LogP contribution is -2.31. The molecule has 2 atom stereocenters. The number of hydrogen-bond acceptors (Lipinski definition) is 4. The van der Waals surface area contributed by atoms with Gasteiger partial charge >= 0.3 is 0 Å². The van der Waals surface area contributed by atoms with Gasteiger partial charge in [0.15, 0.2) is 16.3 Å². The van der Waals surface area contributed by atoms with Crippen LogP contribution in [0.25, 0.3) is 0 Å². The maximum atomic E-state index is 13.7. The Bertz CT molecular complexity index is 759. The minimum atomic E-state index is -1.13. The van der Waals surface area contributed by atoms with Gasteiger partial charge in [0.05, 0.1) is 0 Å². The predicted molar refractivity (Wildman–Crippen MR) is 78.2 cm³/mol. The highest BCUT2D eigenvalue weighted by Crippen LogP contribution is 2.40. The van der Waals surface area contributed by atoms with Crippen LogP contribution in [-0.2, 0) is 6.42 Å². The Labute approximate surface area is 130 Å². The minimum absolute atomic E-state index is 0.0282. The number of aliphatic hydroxyl groups is 1. The van der Waals surface area contributed by atoms with E-state index in [0.29, 0.717) is 17.7 Å². The van der Waals surface area contributed by atoms with Crippen LogP contribution in [0, 0.1) is 16.4 Å². The molecular weight excluding hydrogens is 312 g/mol. The van der Waals surface area contributed by atoms with E-state index in [9.17, 15) is 13.9 Å². The van der Waals surface area contributed by atoms with Crippen molar-refractivity contribution in [2.45, 2.75) is 18.6 Å². The topological polar surface area (TPSA) is 76.2 Å². The van der Waals surface area contributed by atoms with Gasteiger partial charge in [-0.05, 0) is 24.8 Å². The fourth-order valence-electron chi connectivity index (χ4n) is 2.75. The van der Waals surface area contributed by atoms with E-state index < -0.39 is 23.8 Å². The molecule has 118 valence electrons. The molecule has 5 nitrogen and oxygen atoms in total. The molecule has 2 heterocycles. The van der Waals surface area contributed by atoms with Crippen LogP contribution < -0.4 is 10.5 Å². The molecule has 1 aromatic heterocycles. The highest BCUT2D eigenvalue weighted by atomic mass is 32.1. The van der Waals surface area contributed by atoms with Crippen molar-refractivity contribution < 1.29 is 18.6 Å². The van der Waals surface area contributed by atoms with E-state index in [1.54, 1.807) is 10.8 Å². The highest BCUT2D eigenvalue weighted by molar-refractivity contribution is 7.71. The molecule has 22 heavy (non-hydrogen) atoms. The van der Waals surface area contributed by atoms with E-state index in [2.05, 4.69) is 4.98 Å². The average molecular weight is 327 g/mol. The number of nitrogens with zero attached hydrogens (tertiary/aromatic N) is 1. The number of fused-ring (bicyclic) bond motifs is 1. The molecule has 0 amide bonds. The van der Waals surface area contributed by atoms with Crippen molar-refractivity contribution in [2.24, 2.45) is 5.73 Å². The van der Waals surface area contributed by atoms with Crippen molar-refractivity contribution in [3.63, 3.8) is 0 Å². The Morgan fingerprint density at radius 3 is 2.95 bits per heavy atom. The number of nitrogens with two attached hydrogens (primary N) is 1. The van der Waals surface area contributed by atoms with Crippen LogP contribution in [0.1, 0.15) is 23.4 Å². The number of aromatic nitrogens is 2. The van der Waals surface area contributed by atoms with Crippen LogP contribution in [0.5, 0.6) is 5.75 Å². The van der Waals surface area contributed by atoms with Gasteiger partial charge in [-0.3, -0.25) is 0 Å². The molecule has 8 heteroatoms. The zero-order valence-corrected chi connectivity index (χ0v) is 12.4. The van der Waals surface area contributed by atoms with E-state index in [1.807, 2.05) is 0 Å². The summed E-state index contributed by atoms with van der Waals surface area (Å²) in [5.74, 6) is -1.71. The summed E-state index contributed by atoms with van der Waals surface area (Å²) >= 11 is 5.22. The second-order valence-corrected chi connectivity index (χ2v) is 5.51. The van der Waals surface area contributed by atoms with E-state index in [4.69, 9.17) is 22.7 Å². The number of rotatable bonds is 3. The second-order valence-electron chi connectivity index (χ2n) is 5.12. The van der Waals surface area contributed by atoms with Gasteiger partial charge in [0.2, 0.25) is 0 Å². The Morgan fingerprint density at radius 1 is 1.45 bits per heavy atom. The number of aromatic amines is 1. The smallest absolute Gasteiger partial charge is 0.177 e. The number of ether oxygens (including phenoxy) is 1. The molecule has 0 saturated heterocycles. The Kier molecular flexibility index (Phi) is 3.98. The molecule has 1 aliphatic heterocycles. The first-order valence-corrected chi connectivity index (χ1v) is 7.22. The molecule has 2 aromatic rings. The first-order valence-electron chi connectivity index (χ1n) is 6.81. The quantitative estimate of drug-likeness (QED) is 0.754. The van der Waals surface area contributed by atoms with Gasteiger partial charge < -0.3 is 25.1 Å². The van der Waals surface area contributed by atoms with E-state index in [1.165, 1.54) is 0 Å². The molecule has 1 aliphatic rings. The monoisotopic (exact) mass is 327 g/mol. The molecular formula is C14H15F2N3O2S. The summed E-state index contributed by atoms with van der Waals surface area (Å²) in [5, 5.41) is 10.5. The summed E-state index contributed by atoms with van der Waals surface area (Å²) in [4.78, 5) is 2.89. The van der Waals surface area contributed by atoms with E-state index in [0.717, 1.165) is 17.8 Å². The van der Waals surface area contributed by atoms with Crippen LogP contribution in [-0.4, -0.2) is 27.8 Å². The fourth-order valence-corrected chi connectivity index (χ4v) is 3.07. The van der Waals surface area contributed by atoms with Crippen molar-refractivity contribution in [2.75, 3.05) is 13.2 Å². The molecule has 0 bridgehead atoms. The average Bonchev–Trinajstić information content (AvgIpc) is 2.82. The van der Waals surface area contributed by atoms with Crippen molar-refractivity contribution in [3.05, 3.63) is 46.0 Å². The third kappa shape index (κ3) is 2.43. The van der Waals surface area contributed by atoms with Crippen molar-refractivity contribution in [1.82, 2.24) is 9.55 Å².